The predicted molar refractivity (Wildman–Crippen MR) is 80.2 cm³/mol. The summed E-state index contributed by atoms with van der Waals surface area (Å²) >= 11 is 0. The van der Waals surface area contributed by atoms with Crippen LogP contribution in [0.25, 0.3) is 0 Å². The summed E-state index contributed by atoms with van der Waals surface area (Å²) in [4.78, 5) is 20.0. The van der Waals surface area contributed by atoms with Crippen LogP contribution in [0.15, 0.2) is 24.5 Å². The third-order valence-electron chi connectivity index (χ3n) is 4.19. The molecular formula is C15H22N4O2. The van der Waals surface area contributed by atoms with Crippen LogP contribution in [0.3, 0.4) is 0 Å². The van der Waals surface area contributed by atoms with Gasteiger partial charge in [0.15, 0.2) is 12.0 Å². The van der Waals surface area contributed by atoms with E-state index >= 15 is 0 Å². The molecule has 1 N–H and O–H groups in total. The Morgan fingerprint density at radius 1 is 1.43 bits per heavy atom. The Morgan fingerprint density at radius 3 is 2.81 bits per heavy atom. The van der Waals surface area contributed by atoms with Crippen molar-refractivity contribution in [1.29, 1.82) is 0 Å². The summed E-state index contributed by atoms with van der Waals surface area (Å²) in [6, 6.07) is 3.83. The van der Waals surface area contributed by atoms with E-state index in [1.165, 1.54) is 0 Å². The first-order valence-electron chi connectivity index (χ1n) is 7.46. The van der Waals surface area contributed by atoms with Gasteiger partial charge in [-0.2, -0.15) is 0 Å². The highest BCUT2D eigenvalue weighted by molar-refractivity contribution is 5.70. The van der Waals surface area contributed by atoms with E-state index in [0.29, 0.717) is 0 Å². The van der Waals surface area contributed by atoms with Crippen molar-refractivity contribution in [3.8, 4) is 0 Å². The molecule has 2 saturated heterocycles. The Balaban J connectivity index is 1.71. The SMILES string of the molecule is CC1(C=O)OC(CN2CCNCC2)CN1c1ccncc1. The monoisotopic (exact) mass is 290 g/mol. The lowest BCUT2D eigenvalue weighted by molar-refractivity contribution is -0.128. The first-order valence-corrected chi connectivity index (χ1v) is 7.46. The molecule has 2 aliphatic rings. The standard InChI is InChI=1S/C15H22N4O2/c1-15(12-20)19(13-2-4-16-5-3-13)11-14(21-15)10-18-8-6-17-7-9-18/h2-5,12,14,17H,6-11H2,1H3. The van der Waals surface area contributed by atoms with Gasteiger partial charge in [0.25, 0.3) is 0 Å². The number of nitrogens with zero attached hydrogens (tertiary/aromatic N) is 3. The van der Waals surface area contributed by atoms with E-state index in [4.69, 9.17) is 4.74 Å². The fraction of sp³-hybridized carbons (Fsp3) is 0.600. The third kappa shape index (κ3) is 3.07. The van der Waals surface area contributed by atoms with Gasteiger partial charge in [0.2, 0.25) is 0 Å². The Morgan fingerprint density at radius 2 is 2.14 bits per heavy atom. The molecule has 3 heterocycles. The quantitative estimate of drug-likeness (QED) is 0.794. The number of pyridine rings is 1. The smallest absolute Gasteiger partial charge is 0.195 e. The van der Waals surface area contributed by atoms with Crippen molar-refractivity contribution in [1.82, 2.24) is 15.2 Å². The van der Waals surface area contributed by atoms with Gasteiger partial charge in [0.05, 0.1) is 6.10 Å². The molecule has 0 saturated carbocycles. The predicted octanol–water partition coefficient (Wildman–Crippen LogP) is 0.107. The Kier molecular flexibility index (Phi) is 4.19. The van der Waals surface area contributed by atoms with Crippen LogP contribution in [-0.4, -0.2) is 67.3 Å². The molecular weight excluding hydrogens is 268 g/mol. The number of hydrogen-bond acceptors (Lipinski definition) is 6. The van der Waals surface area contributed by atoms with Crippen molar-refractivity contribution in [3.63, 3.8) is 0 Å². The molecule has 2 aliphatic heterocycles. The number of carbonyl (C=O) groups excluding carboxylic acids is 1. The van der Waals surface area contributed by atoms with Crippen molar-refractivity contribution in [2.24, 2.45) is 0 Å². The summed E-state index contributed by atoms with van der Waals surface area (Å²) in [6.45, 7) is 7.53. The number of aldehydes is 1. The molecule has 6 heteroatoms. The average Bonchev–Trinajstić information content (AvgIpc) is 2.86. The van der Waals surface area contributed by atoms with Gasteiger partial charge in [-0.15, -0.1) is 0 Å². The van der Waals surface area contributed by atoms with E-state index in [1.54, 1.807) is 12.4 Å². The first kappa shape index (κ1) is 14.4. The van der Waals surface area contributed by atoms with E-state index < -0.39 is 5.72 Å². The van der Waals surface area contributed by atoms with Gasteiger partial charge >= 0.3 is 0 Å². The molecule has 0 radical (unpaired) electrons. The molecule has 1 aromatic heterocycles. The highest BCUT2D eigenvalue weighted by atomic mass is 16.5. The number of aromatic nitrogens is 1. The zero-order chi connectivity index (χ0) is 14.7. The van der Waals surface area contributed by atoms with Crippen LogP contribution in [0.1, 0.15) is 6.92 Å². The van der Waals surface area contributed by atoms with Crippen molar-refractivity contribution >= 4 is 12.0 Å². The third-order valence-corrected chi connectivity index (χ3v) is 4.19. The summed E-state index contributed by atoms with van der Waals surface area (Å²) in [5.41, 5.74) is 0.0856. The Hall–Kier alpha value is -1.50. The second kappa shape index (κ2) is 6.09. The van der Waals surface area contributed by atoms with Crippen LogP contribution >= 0.6 is 0 Å². The molecule has 6 nitrogen and oxygen atoms in total. The van der Waals surface area contributed by atoms with E-state index in [1.807, 2.05) is 24.0 Å². The number of anilines is 1. The van der Waals surface area contributed by atoms with Crippen LogP contribution in [0.2, 0.25) is 0 Å². The molecule has 0 amide bonds. The maximum absolute atomic E-state index is 11.5. The summed E-state index contributed by atoms with van der Waals surface area (Å²) in [6.07, 6.45) is 4.42. The van der Waals surface area contributed by atoms with Crippen LogP contribution in [-0.2, 0) is 9.53 Å². The molecule has 2 fully saturated rings. The number of nitrogens with one attached hydrogen (secondary N) is 1. The van der Waals surface area contributed by atoms with E-state index in [0.717, 1.165) is 51.2 Å². The van der Waals surface area contributed by atoms with Crippen LogP contribution < -0.4 is 10.2 Å². The minimum absolute atomic E-state index is 0.0477. The number of ether oxygens (including phenoxy) is 1. The van der Waals surface area contributed by atoms with Gasteiger partial charge in [-0.25, -0.2) is 0 Å². The molecule has 2 unspecified atom stereocenters. The first-order chi connectivity index (χ1) is 10.2. The summed E-state index contributed by atoms with van der Waals surface area (Å²) < 4.78 is 6.04. The number of carbonyl (C=O) groups is 1. The average molecular weight is 290 g/mol. The highest BCUT2D eigenvalue weighted by Crippen LogP contribution is 2.31. The van der Waals surface area contributed by atoms with Crippen LogP contribution in [0.5, 0.6) is 0 Å². The van der Waals surface area contributed by atoms with Gasteiger partial charge in [0, 0.05) is 57.3 Å². The molecule has 21 heavy (non-hydrogen) atoms. The van der Waals surface area contributed by atoms with Crippen LogP contribution in [0.4, 0.5) is 5.69 Å². The van der Waals surface area contributed by atoms with Gasteiger partial charge in [-0.05, 0) is 19.1 Å². The van der Waals surface area contributed by atoms with Crippen molar-refractivity contribution in [3.05, 3.63) is 24.5 Å². The molecule has 0 spiro atoms. The Labute approximate surface area is 125 Å². The Bertz CT molecular complexity index is 478. The summed E-state index contributed by atoms with van der Waals surface area (Å²) in [5.74, 6) is 0. The van der Waals surface area contributed by atoms with Crippen molar-refractivity contribution in [2.45, 2.75) is 18.8 Å². The normalized spacial score (nSPS) is 30.5. The van der Waals surface area contributed by atoms with Crippen molar-refractivity contribution < 1.29 is 9.53 Å². The van der Waals surface area contributed by atoms with Crippen molar-refractivity contribution in [2.75, 3.05) is 44.2 Å². The molecule has 1 aromatic rings. The van der Waals surface area contributed by atoms with Gasteiger partial charge in [-0.3, -0.25) is 14.7 Å². The lowest BCUT2D eigenvalue weighted by Gasteiger charge is -2.30. The molecule has 3 rings (SSSR count). The van der Waals surface area contributed by atoms with E-state index in [2.05, 4.69) is 15.2 Å². The molecule has 0 bridgehead atoms. The van der Waals surface area contributed by atoms with Gasteiger partial charge in [0.1, 0.15) is 0 Å². The minimum Gasteiger partial charge on any atom is -0.342 e. The fourth-order valence-electron chi connectivity index (χ4n) is 3.08. The second-order valence-corrected chi connectivity index (χ2v) is 5.78. The molecule has 0 aliphatic carbocycles. The number of hydrogen-bond donors (Lipinski definition) is 1. The number of rotatable bonds is 4. The fourth-order valence-corrected chi connectivity index (χ4v) is 3.08. The zero-order valence-corrected chi connectivity index (χ0v) is 12.4. The molecule has 0 aromatic carbocycles. The summed E-state index contributed by atoms with van der Waals surface area (Å²) in [5, 5.41) is 3.35. The second-order valence-electron chi connectivity index (χ2n) is 5.78. The van der Waals surface area contributed by atoms with Crippen LogP contribution in [0, 0.1) is 0 Å². The lowest BCUT2D eigenvalue weighted by Crippen LogP contribution is -2.47. The largest absolute Gasteiger partial charge is 0.342 e. The lowest BCUT2D eigenvalue weighted by atomic mass is 10.2. The molecule has 114 valence electrons. The topological polar surface area (TPSA) is 57.7 Å². The maximum Gasteiger partial charge on any atom is 0.195 e. The maximum atomic E-state index is 11.5. The zero-order valence-electron chi connectivity index (χ0n) is 12.4. The minimum atomic E-state index is -0.889. The van der Waals surface area contributed by atoms with Gasteiger partial charge < -0.3 is 15.0 Å². The highest BCUT2D eigenvalue weighted by Gasteiger charge is 2.43. The number of piperazine rings is 1. The van der Waals surface area contributed by atoms with E-state index in [-0.39, 0.29) is 6.10 Å². The van der Waals surface area contributed by atoms with E-state index in [9.17, 15) is 4.79 Å². The summed E-state index contributed by atoms with van der Waals surface area (Å²) in [7, 11) is 0. The van der Waals surface area contributed by atoms with Gasteiger partial charge in [-0.1, -0.05) is 0 Å². The molecule has 2 atom stereocenters.